The number of furan rings is 1. The van der Waals surface area contributed by atoms with E-state index in [-0.39, 0.29) is 5.91 Å². The Balaban J connectivity index is 1.64. The van der Waals surface area contributed by atoms with Gasteiger partial charge in [0.25, 0.3) is 5.91 Å². The smallest absolute Gasteiger partial charge is 0.253 e. The first-order chi connectivity index (χ1) is 9.33. The molecule has 0 unspecified atom stereocenters. The quantitative estimate of drug-likeness (QED) is 0.910. The summed E-state index contributed by atoms with van der Waals surface area (Å²) in [6.07, 6.45) is 3.28. The second kappa shape index (κ2) is 5.02. The van der Waals surface area contributed by atoms with Crippen molar-refractivity contribution in [1.29, 1.82) is 0 Å². The third-order valence-corrected chi connectivity index (χ3v) is 3.03. The van der Waals surface area contributed by atoms with Crippen molar-refractivity contribution in [3.63, 3.8) is 0 Å². The first-order valence-electron chi connectivity index (χ1n) is 6.16. The zero-order chi connectivity index (χ0) is 13.1. The van der Waals surface area contributed by atoms with Gasteiger partial charge in [-0.2, -0.15) is 0 Å². The van der Waals surface area contributed by atoms with Crippen molar-refractivity contribution >= 4 is 11.6 Å². The van der Waals surface area contributed by atoms with Crippen LogP contribution in [-0.4, -0.2) is 12.5 Å². The summed E-state index contributed by atoms with van der Waals surface area (Å²) in [7, 11) is 0. The molecule has 0 radical (unpaired) electrons. The van der Waals surface area contributed by atoms with Crippen molar-refractivity contribution in [1.82, 2.24) is 5.32 Å². The summed E-state index contributed by atoms with van der Waals surface area (Å²) in [6, 6.07) is 13.4. The van der Waals surface area contributed by atoms with Gasteiger partial charge in [0.05, 0.1) is 19.4 Å². The third kappa shape index (κ3) is 2.52. The van der Waals surface area contributed by atoms with Crippen molar-refractivity contribution in [3.8, 4) is 0 Å². The molecular weight excluding hydrogens is 240 g/mol. The average Bonchev–Trinajstić information content (AvgIpc) is 3.07. The molecule has 0 fully saturated rings. The molecule has 1 amide bonds. The van der Waals surface area contributed by atoms with Gasteiger partial charge >= 0.3 is 0 Å². The molecule has 0 spiro atoms. The van der Waals surface area contributed by atoms with Gasteiger partial charge in [0.2, 0.25) is 0 Å². The van der Waals surface area contributed by atoms with Crippen molar-refractivity contribution in [2.24, 2.45) is 0 Å². The van der Waals surface area contributed by atoms with Crippen LogP contribution in [0.1, 0.15) is 5.76 Å². The Morgan fingerprint density at radius 3 is 2.74 bits per heavy atom. The lowest BCUT2D eigenvalue weighted by atomic mass is 10.3. The molecule has 1 aliphatic rings. The molecule has 0 atom stereocenters. The fourth-order valence-corrected chi connectivity index (χ4v) is 2.07. The van der Waals surface area contributed by atoms with Crippen molar-refractivity contribution in [3.05, 3.63) is 66.3 Å². The van der Waals surface area contributed by atoms with Crippen LogP contribution in [-0.2, 0) is 11.3 Å². The third-order valence-electron chi connectivity index (χ3n) is 3.03. The van der Waals surface area contributed by atoms with Gasteiger partial charge in [0.1, 0.15) is 5.76 Å². The Hall–Kier alpha value is -2.49. The maximum absolute atomic E-state index is 11.9. The predicted octanol–water partition coefficient (Wildman–Crippen LogP) is 2.30. The highest BCUT2D eigenvalue weighted by molar-refractivity contribution is 6.04. The molecule has 0 saturated carbocycles. The van der Waals surface area contributed by atoms with Crippen LogP contribution >= 0.6 is 0 Å². The molecule has 4 nitrogen and oxygen atoms in total. The first kappa shape index (κ1) is 11.6. The Bertz CT molecular complexity index is 588. The second-order valence-corrected chi connectivity index (χ2v) is 4.36. The number of benzene rings is 1. The lowest BCUT2D eigenvalue weighted by molar-refractivity contribution is -0.113. The van der Waals surface area contributed by atoms with E-state index in [1.165, 1.54) is 0 Å². The van der Waals surface area contributed by atoms with E-state index in [1.54, 1.807) is 17.2 Å². The van der Waals surface area contributed by atoms with E-state index in [9.17, 15) is 4.79 Å². The lowest BCUT2D eigenvalue weighted by Gasteiger charge is -2.16. The molecule has 0 saturated heterocycles. The van der Waals surface area contributed by atoms with Crippen LogP contribution in [0, 0.1) is 0 Å². The number of amides is 1. The zero-order valence-corrected chi connectivity index (χ0v) is 10.4. The highest BCUT2D eigenvalue weighted by Gasteiger charge is 2.22. The van der Waals surface area contributed by atoms with E-state index < -0.39 is 0 Å². The number of nitrogens with one attached hydrogen (secondary N) is 1. The molecule has 1 aromatic carbocycles. The number of rotatable bonds is 4. The normalized spacial score (nSPS) is 14.6. The van der Waals surface area contributed by atoms with Crippen molar-refractivity contribution < 1.29 is 9.21 Å². The minimum absolute atomic E-state index is 0.00754. The number of para-hydroxylation sites is 1. The largest absolute Gasteiger partial charge is 0.467 e. The average molecular weight is 254 g/mol. The van der Waals surface area contributed by atoms with Crippen LogP contribution in [0.5, 0.6) is 0 Å². The second-order valence-electron chi connectivity index (χ2n) is 4.36. The van der Waals surface area contributed by atoms with Gasteiger partial charge in [-0.1, -0.05) is 18.2 Å². The molecule has 4 heteroatoms. The molecule has 1 N–H and O–H groups in total. The monoisotopic (exact) mass is 254 g/mol. The van der Waals surface area contributed by atoms with Gasteiger partial charge in [0, 0.05) is 17.5 Å². The standard InChI is InChI=1S/C15H14N2O2/c18-15-9-12(16-10-14-7-4-8-19-14)11-17(15)13-5-2-1-3-6-13/h1-9,16H,10-11H2. The fraction of sp³-hybridized carbons (Fsp3) is 0.133. The van der Waals surface area contributed by atoms with Crippen LogP contribution in [0.2, 0.25) is 0 Å². The Morgan fingerprint density at radius 2 is 2.00 bits per heavy atom. The van der Waals surface area contributed by atoms with Crippen molar-refractivity contribution in [2.75, 3.05) is 11.4 Å². The van der Waals surface area contributed by atoms with E-state index in [0.29, 0.717) is 13.1 Å². The zero-order valence-electron chi connectivity index (χ0n) is 10.4. The lowest BCUT2D eigenvalue weighted by Crippen LogP contribution is -2.27. The number of carbonyl (C=O) groups excluding carboxylic acids is 1. The van der Waals surface area contributed by atoms with Crippen LogP contribution in [0.15, 0.2) is 64.9 Å². The summed E-state index contributed by atoms with van der Waals surface area (Å²) in [4.78, 5) is 13.7. The summed E-state index contributed by atoms with van der Waals surface area (Å²) in [5.74, 6) is 0.861. The SMILES string of the molecule is O=C1C=C(NCc2ccco2)CN1c1ccccc1. The van der Waals surface area contributed by atoms with E-state index >= 15 is 0 Å². The van der Waals surface area contributed by atoms with Gasteiger partial charge in [-0.05, 0) is 24.3 Å². The van der Waals surface area contributed by atoms with E-state index in [0.717, 1.165) is 17.1 Å². The maximum Gasteiger partial charge on any atom is 0.253 e. The molecular formula is C15H14N2O2. The molecule has 0 aliphatic carbocycles. The Morgan fingerprint density at radius 1 is 1.16 bits per heavy atom. The van der Waals surface area contributed by atoms with Gasteiger partial charge in [-0.15, -0.1) is 0 Å². The Labute approximate surface area is 111 Å². The summed E-state index contributed by atoms with van der Waals surface area (Å²) < 4.78 is 5.24. The van der Waals surface area contributed by atoms with Gasteiger partial charge in [-0.25, -0.2) is 0 Å². The molecule has 1 aliphatic heterocycles. The summed E-state index contributed by atoms with van der Waals surface area (Å²) in [5, 5.41) is 3.22. The number of nitrogens with zero attached hydrogens (tertiary/aromatic N) is 1. The fourth-order valence-electron chi connectivity index (χ4n) is 2.07. The van der Waals surface area contributed by atoms with E-state index in [2.05, 4.69) is 5.32 Å². The number of carbonyl (C=O) groups is 1. The van der Waals surface area contributed by atoms with Crippen LogP contribution in [0.4, 0.5) is 5.69 Å². The van der Waals surface area contributed by atoms with Gasteiger partial charge < -0.3 is 14.6 Å². The summed E-state index contributed by atoms with van der Waals surface area (Å²) in [5.41, 5.74) is 1.82. The maximum atomic E-state index is 11.9. The minimum Gasteiger partial charge on any atom is -0.467 e. The van der Waals surface area contributed by atoms with Gasteiger partial charge in [0.15, 0.2) is 0 Å². The molecule has 3 rings (SSSR count). The first-order valence-corrected chi connectivity index (χ1v) is 6.16. The Kier molecular flexibility index (Phi) is 3.06. The highest BCUT2D eigenvalue weighted by Crippen LogP contribution is 2.19. The number of hydrogen-bond acceptors (Lipinski definition) is 3. The summed E-state index contributed by atoms with van der Waals surface area (Å²) >= 11 is 0. The molecule has 2 heterocycles. The molecule has 2 aromatic rings. The van der Waals surface area contributed by atoms with Crippen molar-refractivity contribution in [2.45, 2.75) is 6.54 Å². The van der Waals surface area contributed by atoms with E-state index in [1.807, 2.05) is 42.5 Å². The molecule has 0 bridgehead atoms. The molecule has 96 valence electrons. The minimum atomic E-state index is 0.00754. The topological polar surface area (TPSA) is 45.5 Å². The van der Waals surface area contributed by atoms with Crippen LogP contribution in [0.25, 0.3) is 0 Å². The van der Waals surface area contributed by atoms with E-state index in [4.69, 9.17) is 4.42 Å². The van der Waals surface area contributed by atoms with Gasteiger partial charge in [-0.3, -0.25) is 4.79 Å². The predicted molar refractivity (Wildman–Crippen MR) is 72.4 cm³/mol. The summed E-state index contributed by atoms with van der Waals surface area (Å²) in [6.45, 7) is 1.16. The number of anilines is 1. The van der Waals surface area contributed by atoms with Crippen LogP contribution < -0.4 is 10.2 Å². The molecule has 1 aromatic heterocycles. The molecule has 19 heavy (non-hydrogen) atoms. The highest BCUT2D eigenvalue weighted by atomic mass is 16.3. The number of hydrogen-bond donors (Lipinski definition) is 1. The van der Waals surface area contributed by atoms with Crippen LogP contribution in [0.3, 0.4) is 0 Å².